The van der Waals surface area contributed by atoms with E-state index in [0.717, 1.165) is 48.8 Å². The minimum atomic E-state index is -4.28. The second kappa shape index (κ2) is 9.25. The standard InChI is InChI=1S/C25H28N4O6S3/c1-37(32,33)26-11-17-13-36-24-22(17)38(34,35)28-23(27-24)19-21(30)18-15-7-9-16(10-8-15)20(18)29(25(19)31)12-14-5-3-2-4-6-14/h2-6,13,15-16,18-20,26H,7-12H2,1H3,(H,27,28). The number of ketones is 1. The van der Waals surface area contributed by atoms with Crippen LogP contribution in [0.3, 0.4) is 0 Å². The monoisotopic (exact) mass is 576 g/mol. The third-order valence-corrected chi connectivity index (χ3v) is 11.4. The Kier molecular flexibility index (Phi) is 6.24. The number of nitrogens with zero attached hydrogens (tertiary/aromatic N) is 2. The molecule has 2 N–H and O–H groups in total. The minimum absolute atomic E-state index is 0.131. The zero-order chi connectivity index (χ0) is 26.8. The van der Waals surface area contributed by atoms with E-state index >= 15 is 0 Å². The molecule has 2 aliphatic heterocycles. The van der Waals surface area contributed by atoms with Gasteiger partial charge in [-0.25, -0.2) is 13.1 Å². The van der Waals surface area contributed by atoms with Gasteiger partial charge >= 0.3 is 0 Å². The molecule has 5 aliphatic rings. The van der Waals surface area contributed by atoms with Crippen molar-refractivity contribution in [2.75, 3.05) is 11.6 Å². The number of fused-ring (bicyclic) bond motifs is 3. The number of Topliss-reactive ketones (excluding diaryl/α,β-unsaturated/α-hetero) is 1. The maximum atomic E-state index is 14.0. The molecule has 202 valence electrons. The Labute approximate surface area is 225 Å². The lowest BCUT2D eigenvalue weighted by molar-refractivity contribution is -0.162. The molecule has 1 aromatic carbocycles. The van der Waals surface area contributed by atoms with Crippen LogP contribution < -0.4 is 10.0 Å². The fraction of sp³-hybridized carbons (Fsp3) is 0.480. The Hall–Kier alpha value is -2.61. The zero-order valence-electron chi connectivity index (χ0n) is 20.7. The van der Waals surface area contributed by atoms with Crippen molar-refractivity contribution < 1.29 is 26.4 Å². The molecular weight excluding hydrogens is 548 g/mol. The highest BCUT2D eigenvalue weighted by molar-refractivity contribution is 7.91. The van der Waals surface area contributed by atoms with Gasteiger partial charge in [-0.1, -0.05) is 30.3 Å². The van der Waals surface area contributed by atoms with Crippen molar-refractivity contribution in [1.29, 1.82) is 0 Å². The van der Waals surface area contributed by atoms with Gasteiger partial charge in [0.05, 0.1) is 6.26 Å². The lowest BCUT2D eigenvalue weighted by atomic mass is 9.57. The summed E-state index contributed by atoms with van der Waals surface area (Å²) in [6.45, 7) is 0.134. The normalized spacial score (nSPS) is 29.9. The van der Waals surface area contributed by atoms with Gasteiger partial charge in [-0.3, -0.25) is 9.59 Å². The van der Waals surface area contributed by atoms with Crippen LogP contribution in [0.25, 0.3) is 0 Å². The van der Waals surface area contributed by atoms with Crippen molar-refractivity contribution in [3.05, 3.63) is 46.8 Å². The van der Waals surface area contributed by atoms with Crippen LogP contribution in [0.2, 0.25) is 0 Å². The van der Waals surface area contributed by atoms with Crippen LogP contribution in [0.5, 0.6) is 0 Å². The third kappa shape index (κ3) is 4.38. The molecule has 13 heteroatoms. The Balaban J connectivity index is 1.37. The van der Waals surface area contributed by atoms with Crippen molar-refractivity contribution in [2.24, 2.45) is 28.1 Å². The zero-order valence-corrected chi connectivity index (χ0v) is 23.1. The van der Waals surface area contributed by atoms with E-state index in [1.54, 1.807) is 4.90 Å². The van der Waals surface area contributed by atoms with Gasteiger partial charge in [0.1, 0.15) is 15.7 Å². The highest BCUT2D eigenvalue weighted by Gasteiger charge is 2.58. The average molecular weight is 577 g/mol. The molecule has 2 aromatic rings. The first-order valence-corrected chi connectivity index (χ1v) is 16.8. The second-order valence-corrected chi connectivity index (χ2v) is 14.8. The SMILES string of the molecule is CS(=O)(=O)NCc1csc2c1S(=O)(=O)N=C(C1C(=O)C3C4CCC(CC4)C3N(Cc3ccccc3)C1=O)N2. The summed E-state index contributed by atoms with van der Waals surface area (Å²) in [5.74, 6) is -2.11. The van der Waals surface area contributed by atoms with Crippen LogP contribution in [0, 0.1) is 23.7 Å². The van der Waals surface area contributed by atoms with Crippen molar-refractivity contribution >= 4 is 53.9 Å². The molecule has 1 saturated heterocycles. The summed E-state index contributed by atoms with van der Waals surface area (Å²) < 4.78 is 55.9. The number of sulfonamides is 2. The quantitative estimate of drug-likeness (QED) is 0.503. The van der Waals surface area contributed by atoms with Gasteiger partial charge in [0.15, 0.2) is 11.7 Å². The molecule has 3 unspecified atom stereocenters. The molecule has 3 aliphatic carbocycles. The minimum Gasteiger partial charge on any atom is -0.333 e. The number of thiophene rings is 1. The van der Waals surface area contributed by atoms with E-state index in [9.17, 15) is 26.4 Å². The molecule has 0 spiro atoms. The average Bonchev–Trinajstić information content (AvgIpc) is 3.30. The van der Waals surface area contributed by atoms with Crippen LogP contribution in [0.1, 0.15) is 36.8 Å². The summed E-state index contributed by atoms with van der Waals surface area (Å²) in [6.07, 6.45) is 4.82. The number of nitrogens with one attached hydrogen (secondary N) is 2. The predicted octanol–water partition coefficient (Wildman–Crippen LogP) is 2.34. The van der Waals surface area contributed by atoms with E-state index in [2.05, 4.69) is 14.4 Å². The van der Waals surface area contributed by atoms with Gasteiger partial charge in [0, 0.05) is 30.6 Å². The summed E-state index contributed by atoms with van der Waals surface area (Å²) in [4.78, 5) is 29.7. The largest absolute Gasteiger partial charge is 0.333 e. The van der Waals surface area contributed by atoms with E-state index in [1.165, 1.54) is 5.38 Å². The fourth-order valence-electron chi connectivity index (χ4n) is 6.63. The van der Waals surface area contributed by atoms with E-state index < -0.39 is 31.9 Å². The Bertz CT molecular complexity index is 1540. The Morgan fingerprint density at radius 3 is 2.47 bits per heavy atom. The van der Waals surface area contributed by atoms with Gasteiger partial charge in [0.25, 0.3) is 10.0 Å². The first-order valence-electron chi connectivity index (χ1n) is 12.6. The number of carbonyl (C=O) groups excluding carboxylic acids is 2. The maximum Gasteiger partial charge on any atom is 0.287 e. The molecule has 4 fully saturated rings. The van der Waals surface area contributed by atoms with E-state index in [0.29, 0.717) is 6.54 Å². The van der Waals surface area contributed by atoms with Crippen LogP contribution in [0.15, 0.2) is 45.0 Å². The van der Waals surface area contributed by atoms with Crippen LogP contribution in [0.4, 0.5) is 5.00 Å². The number of hydrogen-bond donors (Lipinski definition) is 2. The molecule has 7 rings (SSSR count). The number of amidine groups is 1. The second-order valence-electron chi connectivity index (χ2n) is 10.6. The number of benzene rings is 1. The molecule has 0 radical (unpaired) electrons. The molecule has 1 aromatic heterocycles. The number of piperidine rings is 1. The highest BCUT2D eigenvalue weighted by Crippen LogP contribution is 2.51. The number of amides is 1. The summed E-state index contributed by atoms with van der Waals surface area (Å²) in [6, 6.07) is 9.42. The van der Waals surface area contributed by atoms with Gasteiger partial charge in [0.2, 0.25) is 15.9 Å². The van der Waals surface area contributed by atoms with Crippen molar-refractivity contribution in [3.63, 3.8) is 0 Å². The first kappa shape index (κ1) is 25.7. The van der Waals surface area contributed by atoms with Crippen LogP contribution in [-0.2, 0) is 42.7 Å². The topological polar surface area (TPSA) is 142 Å². The number of likely N-dealkylation sites (tertiary alicyclic amines) is 1. The molecule has 3 atom stereocenters. The maximum absolute atomic E-state index is 14.0. The van der Waals surface area contributed by atoms with Crippen molar-refractivity contribution in [2.45, 2.75) is 49.7 Å². The summed E-state index contributed by atoms with van der Waals surface area (Å²) in [7, 11) is -7.83. The molecular formula is C25H28N4O6S3. The van der Waals surface area contributed by atoms with Crippen LogP contribution in [-0.4, -0.2) is 51.6 Å². The third-order valence-electron chi connectivity index (χ3n) is 8.21. The fourth-order valence-corrected chi connectivity index (χ4v) is 9.70. The van der Waals surface area contributed by atoms with E-state index in [-0.39, 0.29) is 57.4 Å². The Morgan fingerprint density at radius 1 is 1.11 bits per heavy atom. The Morgan fingerprint density at radius 2 is 1.79 bits per heavy atom. The van der Waals surface area contributed by atoms with Gasteiger partial charge in [-0.2, -0.15) is 8.42 Å². The number of anilines is 1. The lowest BCUT2D eigenvalue weighted by Gasteiger charge is -2.55. The molecule has 38 heavy (non-hydrogen) atoms. The molecule has 1 amide bonds. The van der Waals surface area contributed by atoms with E-state index in [4.69, 9.17) is 0 Å². The summed E-state index contributed by atoms with van der Waals surface area (Å²) in [5.41, 5.74) is 1.20. The van der Waals surface area contributed by atoms with Crippen LogP contribution >= 0.6 is 11.3 Å². The summed E-state index contributed by atoms with van der Waals surface area (Å²) in [5, 5.41) is 4.73. The van der Waals surface area contributed by atoms with Crippen molar-refractivity contribution in [1.82, 2.24) is 9.62 Å². The number of rotatable bonds is 6. The molecule has 10 nitrogen and oxygen atoms in total. The number of hydrogen-bond acceptors (Lipinski definition) is 8. The van der Waals surface area contributed by atoms with Gasteiger partial charge in [-0.15, -0.1) is 15.7 Å². The molecule has 3 saturated carbocycles. The summed E-state index contributed by atoms with van der Waals surface area (Å²) >= 11 is 1.07. The lowest BCUT2D eigenvalue weighted by Crippen LogP contribution is -2.66. The van der Waals surface area contributed by atoms with E-state index in [1.807, 2.05) is 30.3 Å². The molecule has 2 bridgehead atoms. The van der Waals surface area contributed by atoms with Crippen molar-refractivity contribution in [3.8, 4) is 0 Å². The number of carbonyl (C=O) groups is 2. The van der Waals surface area contributed by atoms with Gasteiger partial charge < -0.3 is 10.2 Å². The predicted molar refractivity (Wildman–Crippen MR) is 142 cm³/mol. The highest BCUT2D eigenvalue weighted by atomic mass is 32.2. The van der Waals surface area contributed by atoms with Gasteiger partial charge in [-0.05, 0) is 48.5 Å². The first-order chi connectivity index (χ1) is 18.0. The molecule has 3 heterocycles. The smallest absolute Gasteiger partial charge is 0.287 e.